The normalized spacial score (nSPS) is 12.2. The second kappa shape index (κ2) is 12.3. The van der Waals surface area contributed by atoms with Crippen molar-refractivity contribution < 1.29 is 31.2 Å². The number of hydrogen-bond acceptors (Lipinski definition) is 7. The van der Waals surface area contributed by atoms with Gasteiger partial charge in [0.25, 0.3) is 5.91 Å². The standard InChI is InChI=1S/C21H20ClF3N6O4S2/c22-16-11-14(21(23,24)25)12-28-19(16)27-9-3-7-18(32)30-31-37(34,35)36-10-4-5-15(36)13-29-20(33)17-6-1-2-8-26-17/h1-2,4-6,8,10-12H,3,7,9,13H2,(H3-,26,27,28,29,30,31,32,33)/p+1. The SMILES string of the molecule is O=C(CCCNc1ncc(C(F)(F)F)cc1Cl)NNS(=O)(=O)[s+]1cccc1CNC(=O)c1ccccn1. The first-order valence-corrected chi connectivity index (χ1v) is 14.2. The molecule has 0 aromatic carbocycles. The molecule has 4 N–H and O–H groups in total. The van der Waals surface area contributed by atoms with Gasteiger partial charge in [-0.3, -0.25) is 20.0 Å². The number of thiophene rings is 1. The first kappa shape index (κ1) is 28.3. The number of halogens is 4. The Bertz CT molecular complexity index is 1350. The highest BCUT2D eigenvalue weighted by Crippen LogP contribution is 2.32. The van der Waals surface area contributed by atoms with E-state index in [1.165, 1.54) is 17.6 Å². The number of aromatic nitrogens is 2. The fourth-order valence-electron chi connectivity index (χ4n) is 2.88. The van der Waals surface area contributed by atoms with Crippen LogP contribution in [0, 0.1) is 0 Å². The predicted molar refractivity (Wildman–Crippen MR) is 132 cm³/mol. The fraction of sp³-hybridized carbons (Fsp3) is 0.238. The van der Waals surface area contributed by atoms with Crippen LogP contribution in [-0.2, 0) is 26.6 Å². The van der Waals surface area contributed by atoms with Crippen molar-refractivity contribution in [1.29, 1.82) is 0 Å². The lowest BCUT2D eigenvalue weighted by Crippen LogP contribution is -2.40. The van der Waals surface area contributed by atoms with E-state index < -0.39 is 42.1 Å². The summed E-state index contributed by atoms with van der Waals surface area (Å²) in [5.74, 6) is -1.06. The molecule has 0 spiro atoms. The molecule has 2 amide bonds. The summed E-state index contributed by atoms with van der Waals surface area (Å²) in [6.07, 6.45) is -2.35. The third-order valence-corrected chi connectivity index (χ3v) is 9.62. The Labute approximate surface area is 217 Å². The summed E-state index contributed by atoms with van der Waals surface area (Å²) in [4.78, 5) is 34.2. The third-order valence-electron chi connectivity index (χ3n) is 4.66. The van der Waals surface area contributed by atoms with Crippen LogP contribution in [0.5, 0.6) is 0 Å². The van der Waals surface area contributed by atoms with Crippen LogP contribution >= 0.6 is 21.1 Å². The van der Waals surface area contributed by atoms with Crippen molar-refractivity contribution in [3.63, 3.8) is 0 Å². The lowest BCUT2D eigenvalue weighted by atomic mass is 10.2. The summed E-state index contributed by atoms with van der Waals surface area (Å²) >= 11 is 5.81. The van der Waals surface area contributed by atoms with Gasteiger partial charge < -0.3 is 10.6 Å². The van der Waals surface area contributed by atoms with Gasteiger partial charge in [0, 0.05) is 31.4 Å². The Hall–Kier alpha value is -3.27. The summed E-state index contributed by atoms with van der Waals surface area (Å²) in [5, 5.41) is 6.54. The van der Waals surface area contributed by atoms with Gasteiger partial charge in [-0.05, 0) is 30.7 Å². The lowest BCUT2D eigenvalue weighted by Gasteiger charge is -2.10. The zero-order valence-electron chi connectivity index (χ0n) is 18.9. The number of rotatable bonds is 11. The number of hydrogen-bond donors (Lipinski definition) is 4. The van der Waals surface area contributed by atoms with Crippen LogP contribution in [0.1, 0.15) is 33.8 Å². The van der Waals surface area contributed by atoms with Gasteiger partial charge in [-0.25, -0.2) is 4.98 Å². The molecule has 3 aromatic heterocycles. The van der Waals surface area contributed by atoms with Crippen LogP contribution in [0.3, 0.4) is 0 Å². The van der Waals surface area contributed by atoms with Crippen molar-refractivity contribution in [2.45, 2.75) is 25.6 Å². The minimum Gasteiger partial charge on any atom is -0.369 e. The number of carbonyl (C=O) groups is 2. The molecule has 1 unspecified atom stereocenters. The zero-order chi connectivity index (χ0) is 27.1. The summed E-state index contributed by atoms with van der Waals surface area (Å²) in [6.45, 7) is 0.112. The molecule has 0 aliphatic rings. The summed E-state index contributed by atoms with van der Waals surface area (Å²) in [6, 6.07) is 8.68. The Kier molecular flexibility index (Phi) is 9.42. The van der Waals surface area contributed by atoms with Crippen LogP contribution in [0.25, 0.3) is 0 Å². The fourth-order valence-corrected chi connectivity index (χ4v) is 6.90. The third kappa shape index (κ3) is 8.11. The van der Waals surface area contributed by atoms with Crippen molar-refractivity contribution in [3.05, 3.63) is 75.3 Å². The van der Waals surface area contributed by atoms with Crippen molar-refractivity contribution in [2.75, 3.05) is 11.9 Å². The number of amides is 2. The van der Waals surface area contributed by atoms with Crippen LogP contribution in [-0.4, -0.2) is 36.7 Å². The van der Waals surface area contributed by atoms with Gasteiger partial charge in [-0.1, -0.05) is 22.5 Å². The number of alkyl halides is 3. The molecule has 0 bridgehead atoms. The molecule has 0 saturated carbocycles. The maximum Gasteiger partial charge on any atom is 0.426 e. The molecule has 37 heavy (non-hydrogen) atoms. The van der Waals surface area contributed by atoms with E-state index in [9.17, 15) is 31.2 Å². The van der Waals surface area contributed by atoms with Gasteiger partial charge in [0.2, 0.25) is 5.91 Å². The Morgan fingerprint density at radius 1 is 1.11 bits per heavy atom. The van der Waals surface area contributed by atoms with Gasteiger partial charge in [0.05, 0.1) is 17.1 Å². The second-order valence-corrected chi connectivity index (χ2v) is 12.6. The number of nitrogens with one attached hydrogen (secondary N) is 4. The maximum atomic E-state index is 12.7. The Morgan fingerprint density at radius 3 is 2.57 bits per heavy atom. The average molecular weight is 578 g/mol. The maximum absolute atomic E-state index is 12.7. The first-order chi connectivity index (χ1) is 17.5. The molecule has 3 rings (SSSR count). The van der Waals surface area contributed by atoms with E-state index in [-0.39, 0.29) is 42.5 Å². The molecule has 0 aliphatic heterocycles. The number of pyridine rings is 2. The predicted octanol–water partition coefficient (Wildman–Crippen LogP) is 3.43. The molecular formula is C21H21ClF3N6O4S2+. The largest absolute Gasteiger partial charge is 0.426 e. The molecule has 0 saturated heterocycles. The monoisotopic (exact) mass is 577 g/mol. The molecule has 3 heterocycles. The summed E-state index contributed by atoms with van der Waals surface area (Å²) in [5.41, 5.74) is 1.33. The highest BCUT2D eigenvalue weighted by molar-refractivity contribution is 8.38. The van der Waals surface area contributed by atoms with Crippen LogP contribution in [0.4, 0.5) is 19.0 Å². The van der Waals surface area contributed by atoms with E-state index in [4.69, 9.17) is 11.6 Å². The van der Waals surface area contributed by atoms with E-state index in [0.29, 0.717) is 11.1 Å². The molecular weight excluding hydrogens is 557 g/mol. The van der Waals surface area contributed by atoms with E-state index in [2.05, 4.69) is 26.0 Å². The minimum absolute atomic E-state index is 0.0273. The zero-order valence-corrected chi connectivity index (χ0v) is 21.3. The van der Waals surface area contributed by atoms with E-state index in [1.807, 2.05) is 4.83 Å². The van der Waals surface area contributed by atoms with Gasteiger partial charge in [0.1, 0.15) is 21.0 Å². The van der Waals surface area contributed by atoms with Crippen LogP contribution in [0.15, 0.2) is 54.2 Å². The van der Waals surface area contributed by atoms with Gasteiger partial charge in [-0.15, -0.1) is 0 Å². The number of carbonyl (C=O) groups excluding carboxylic acids is 2. The molecule has 0 aliphatic carbocycles. The Balaban J connectivity index is 1.44. The van der Waals surface area contributed by atoms with E-state index in [1.54, 1.807) is 24.3 Å². The number of hydrazine groups is 1. The smallest absolute Gasteiger partial charge is 0.369 e. The molecule has 198 valence electrons. The van der Waals surface area contributed by atoms with Crippen molar-refractivity contribution in [1.82, 2.24) is 25.5 Å². The molecule has 10 nitrogen and oxygen atoms in total. The molecule has 1 atom stereocenters. The topological polar surface area (TPSA) is 142 Å². The summed E-state index contributed by atoms with van der Waals surface area (Å²) in [7, 11) is -5.45. The second-order valence-electron chi connectivity index (χ2n) is 7.34. The van der Waals surface area contributed by atoms with Gasteiger partial charge in [-0.2, -0.15) is 21.6 Å². The van der Waals surface area contributed by atoms with E-state index >= 15 is 0 Å². The first-order valence-electron chi connectivity index (χ1n) is 10.5. The molecule has 16 heteroatoms. The number of nitrogens with zero attached hydrogens (tertiary/aromatic N) is 2. The highest BCUT2D eigenvalue weighted by atomic mass is 35.5. The van der Waals surface area contributed by atoms with Crippen molar-refractivity contribution >= 4 is 47.8 Å². The molecule has 0 radical (unpaired) electrons. The minimum atomic E-state index is -4.57. The molecule has 0 fully saturated rings. The lowest BCUT2D eigenvalue weighted by molar-refractivity contribution is -0.137. The van der Waals surface area contributed by atoms with E-state index in [0.717, 1.165) is 6.07 Å². The number of anilines is 1. The van der Waals surface area contributed by atoms with Crippen LogP contribution < -0.4 is 20.9 Å². The Morgan fingerprint density at radius 2 is 1.89 bits per heavy atom. The van der Waals surface area contributed by atoms with Crippen molar-refractivity contribution in [3.8, 4) is 0 Å². The summed E-state index contributed by atoms with van der Waals surface area (Å²) < 4.78 is 63.3. The van der Waals surface area contributed by atoms with Crippen molar-refractivity contribution in [2.24, 2.45) is 0 Å². The highest BCUT2D eigenvalue weighted by Gasteiger charge is 2.32. The quantitative estimate of drug-likeness (QED) is 0.118. The van der Waals surface area contributed by atoms with Crippen LogP contribution in [0.2, 0.25) is 5.02 Å². The average Bonchev–Trinajstić information content (AvgIpc) is 3.34. The van der Waals surface area contributed by atoms with Gasteiger partial charge in [0.15, 0.2) is 10.3 Å². The molecule has 3 aromatic rings. The van der Waals surface area contributed by atoms with Gasteiger partial charge >= 0.3 is 15.2 Å².